The number of aryl methyl sites for hydroxylation is 1. The molecule has 1 aromatic carbocycles. The zero-order chi connectivity index (χ0) is 14.3. The molecule has 0 saturated carbocycles. The van der Waals surface area contributed by atoms with Gasteiger partial charge in [0.25, 0.3) is 0 Å². The summed E-state index contributed by atoms with van der Waals surface area (Å²) in [6, 6.07) is 2.89. The molecule has 102 valence electrons. The number of aliphatic hydroxyl groups is 1. The van der Waals surface area contributed by atoms with Gasteiger partial charge in [-0.1, -0.05) is 0 Å². The highest BCUT2D eigenvalue weighted by molar-refractivity contribution is 5.89. The molecule has 1 aromatic heterocycles. The molecule has 2 aromatic rings. The van der Waals surface area contributed by atoms with Crippen LogP contribution >= 0.6 is 0 Å². The van der Waals surface area contributed by atoms with Crippen molar-refractivity contribution in [2.45, 2.75) is 26.4 Å². The topological polar surface area (TPSA) is 62.5 Å². The Labute approximate surface area is 110 Å². The van der Waals surface area contributed by atoms with Gasteiger partial charge < -0.3 is 14.8 Å². The standard InChI is InChI=1S/C14H16FNO3/c1-7-9(5-14(18)19)11-4-10(8(2)17)12(15)6-13(11)16(7)3/h4,6,8,17H,5H2,1-3H3,(H,18,19). The van der Waals surface area contributed by atoms with Crippen LogP contribution < -0.4 is 0 Å². The molecule has 0 saturated heterocycles. The largest absolute Gasteiger partial charge is 0.481 e. The van der Waals surface area contributed by atoms with E-state index in [9.17, 15) is 14.3 Å². The van der Waals surface area contributed by atoms with Crippen LogP contribution in [-0.4, -0.2) is 20.7 Å². The van der Waals surface area contributed by atoms with Crippen LogP contribution in [0, 0.1) is 12.7 Å². The van der Waals surface area contributed by atoms with E-state index in [-0.39, 0.29) is 12.0 Å². The van der Waals surface area contributed by atoms with Crippen molar-refractivity contribution in [2.24, 2.45) is 7.05 Å². The number of hydrogen-bond acceptors (Lipinski definition) is 2. The van der Waals surface area contributed by atoms with Crippen molar-refractivity contribution >= 4 is 16.9 Å². The molecule has 0 aliphatic carbocycles. The third-order valence-electron chi connectivity index (χ3n) is 3.52. The quantitative estimate of drug-likeness (QED) is 0.895. The average molecular weight is 265 g/mol. The fourth-order valence-electron chi connectivity index (χ4n) is 2.37. The molecular formula is C14H16FNO3. The smallest absolute Gasteiger partial charge is 0.307 e. The van der Waals surface area contributed by atoms with Crippen LogP contribution in [0.4, 0.5) is 4.39 Å². The van der Waals surface area contributed by atoms with Crippen molar-refractivity contribution in [1.29, 1.82) is 0 Å². The van der Waals surface area contributed by atoms with E-state index < -0.39 is 17.9 Å². The number of halogens is 1. The predicted octanol–water partition coefficient (Wildman–Crippen LogP) is 2.31. The molecule has 4 nitrogen and oxygen atoms in total. The molecule has 0 radical (unpaired) electrons. The monoisotopic (exact) mass is 265 g/mol. The summed E-state index contributed by atoms with van der Waals surface area (Å²) in [4.78, 5) is 10.9. The number of aliphatic hydroxyl groups excluding tert-OH is 1. The first-order chi connectivity index (χ1) is 8.82. The molecule has 2 N–H and O–H groups in total. The lowest BCUT2D eigenvalue weighted by molar-refractivity contribution is -0.136. The number of fused-ring (bicyclic) bond motifs is 1. The molecule has 1 atom stereocenters. The van der Waals surface area contributed by atoms with Crippen LogP contribution in [0.25, 0.3) is 10.9 Å². The van der Waals surface area contributed by atoms with E-state index in [1.54, 1.807) is 24.6 Å². The van der Waals surface area contributed by atoms with Crippen LogP contribution in [0.3, 0.4) is 0 Å². The molecule has 0 spiro atoms. The minimum Gasteiger partial charge on any atom is -0.481 e. The second-order valence-electron chi connectivity index (χ2n) is 4.76. The summed E-state index contributed by atoms with van der Waals surface area (Å²) in [6.45, 7) is 3.29. The number of carbonyl (C=O) groups is 1. The summed E-state index contributed by atoms with van der Waals surface area (Å²) in [5.74, 6) is -1.41. The Kier molecular flexibility index (Phi) is 3.32. The summed E-state index contributed by atoms with van der Waals surface area (Å²) in [5.41, 5.74) is 2.27. The maximum Gasteiger partial charge on any atom is 0.307 e. The van der Waals surface area contributed by atoms with Crippen molar-refractivity contribution in [1.82, 2.24) is 4.57 Å². The number of hydrogen-bond donors (Lipinski definition) is 2. The lowest BCUT2D eigenvalue weighted by atomic mass is 10.0. The van der Waals surface area contributed by atoms with E-state index in [4.69, 9.17) is 5.11 Å². The van der Waals surface area contributed by atoms with Gasteiger partial charge >= 0.3 is 5.97 Å². The van der Waals surface area contributed by atoms with Crippen LogP contribution in [0.5, 0.6) is 0 Å². The zero-order valence-corrected chi connectivity index (χ0v) is 11.1. The highest BCUT2D eigenvalue weighted by atomic mass is 19.1. The maximum atomic E-state index is 13.9. The Bertz CT molecular complexity index is 658. The number of rotatable bonds is 3. The molecular weight excluding hydrogens is 249 g/mol. The number of carboxylic acid groups (broad SMARTS) is 1. The third kappa shape index (κ3) is 2.21. The van der Waals surface area contributed by atoms with Gasteiger partial charge in [-0.2, -0.15) is 0 Å². The molecule has 5 heteroatoms. The van der Waals surface area contributed by atoms with Crippen molar-refractivity contribution in [3.8, 4) is 0 Å². The fourth-order valence-corrected chi connectivity index (χ4v) is 2.37. The Balaban J connectivity index is 2.78. The summed E-state index contributed by atoms with van der Waals surface area (Å²) in [6.07, 6.45) is -1.05. The number of nitrogens with zero attached hydrogens (tertiary/aromatic N) is 1. The van der Waals surface area contributed by atoms with E-state index in [0.717, 1.165) is 5.69 Å². The summed E-state index contributed by atoms with van der Waals surface area (Å²) in [7, 11) is 1.77. The number of aromatic nitrogens is 1. The van der Waals surface area contributed by atoms with Crippen molar-refractivity contribution in [3.63, 3.8) is 0 Å². The van der Waals surface area contributed by atoms with E-state index in [0.29, 0.717) is 16.5 Å². The molecule has 19 heavy (non-hydrogen) atoms. The Morgan fingerprint density at radius 2 is 2.11 bits per heavy atom. The maximum absolute atomic E-state index is 13.9. The minimum absolute atomic E-state index is 0.117. The summed E-state index contributed by atoms with van der Waals surface area (Å²) < 4.78 is 15.6. The molecule has 0 aliphatic heterocycles. The van der Waals surface area contributed by atoms with E-state index in [2.05, 4.69) is 0 Å². The molecule has 1 unspecified atom stereocenters. The van der Waals surface area contributed by atoms with E-state index in [1.807, 2.05) is 0 Å². The lowest BCUT2D eigenvalue weighted by Gasteiger charge is -2.07. The van der Waals surface area contributed by atoms with E-state index in [1.165, 1.54) is 13.0 Å². The predicted molar refractivity (Wildman–Crippen MR) is 69.6 cm³/mol. The number of aliphatic carboxylic acids is 1. The van der Waals surface area contributed by atoms with Crippen LogP contribution in [0.2, 0.25) is 0 Å². The average Bonchev–Trinajstić information content (AvgIpc) is 2.53. The third-order valence-corrected chi connectivity index (χ3v) is 3.52. The normalized spacial score (nSPS) is 12.9. The first kappa shape index (κ1) is 13.5. The van der Waals surface area contributed by atoms with Gasteiger partial charge in [0.1, 0.15) is 5.82 Å². The molecule has 0 bridgehead atoms. The van der Waals surface area contributed by atoms with Gasteiger partial charge in [0.05, 0.1) is 18.0 Å². The van der Waals surface area contributed by atoms with Crippen LogP contribution in [0.1, 0.15) is 29.8 Å². The Morgan fingerprint density at radius 3 is 2.63 bits per heavy atom. The molecule has 0 amide bonds. The fraction of sp³-hybridized carbons (Fsp3) is 0.357. The van der Waals surface area contributed by atoms with Gasteiger partial charge in [0.2, 0.25) is 0 Å². The number of benzene rings is 1. The molecule has 1 heterocycles. The Morgan fingerprint density at radius 1 is 1.47 bits per heavy atom. The van der Waals surface area contributed by atoms with E-state index >= 15 is 0 Å². The summed E-state index contributed by atoms with van der Waals surface area (Å²) in [5, 5.41) is 19.2. The second kappa shape index (κ2) is 4.66. The van der Waals surface area contributed by atoms with Crippen LogP contribution in [0.15, 0.2) is 12.1 Å². The van der Waals surface area contributed by atoms with Gasteiger partial charge in [-0.3, -0.25) is 4.79 Å². The van der Waals surface area contributed by atoms with Crippen molar-refractivity contribution in [3.05, 3.63) is 34.8 Å². The van der Waals surface area contributed by atoms with Gasteiger partial charge in [-0.25, -0.2) is 4.39 Å². The molecule has 0 aliphatic rings. The van der Waals surface area contributed by atoms with Gasteiger partial charge in [-0.05, 0) is 31.5 Å². The second-order valence-corrected chi connectivity index (χ2v) is 4.76. The molecule has 2 rings (SSSR count). The number of carboxylic acids is 1. The van der Waals surface area contributed by atoms with Crippen LogP contribution in [-0.2, 0) is 18.3 Å². The first-order valence-corrected chi connectivity index (χ1v) is 6.00. The van der Waals surface area contributed by atoms with Gasteiger partial charge in [-0.15, -0.1) is 0 Å². The highest BCUT2D eigenvalue weighted by Gasteiger charge is 2.18. The summed E-state index contributed by atoms with van der Waals surface area (Å²) >= 11 is 0. The van der Waals surface area contributed by atoms with Gasteiger partial charge in [0, 0.05) is 23.7 Å². The lowest BCUT2D eigenvalue weighted by Crippen LogP contribution is -2.02. The molecule has 0 fully saturated rings. The Hall–Kier alpha value is -1.88. The minimum atomic E-state index is -0.932. The first-order valence-electron chi connectivity index (χ1n) is 6.00. The highest BCUT2D eigenvalue weighted by Crippen LogP contribution is 2.30. The van der Waals surface area contributed by atoms with Crippen molar-refractivity contribution < 1.29 is 19.4 Å². The zero-order valence-electron chi connectivity index (χ0n) is 11.1. The van der Waals surface area contributed by atoms with Crippen molar-refractivity contribution in [2.75, 3.05) is 0 Å². The van der Waals surface area contributed by atoms with Gasteiger partial charge in [0.15, 0.2) is 0 Å². The SMILES string of the molecule is Cc1c(CC(=O)O)c2cc(C(C)O)c(F)cc2n1C.